The van der Waals surface area contributed by atoms with E-state index in [0.29, 0.717) is 23.1 Å². The van der Waals surface area contributed by atoms with Crippen LogP contribution in [-0.4, -0.2) is 22.7 Å². The van der Waals surface area contributed by atoms with E-state index in [1.807, 2.05) is 0 Å². The summed E-state index contributed by atoms with van der Waals surface area (Å²) in [5.41, 5.74) is 0.797. The molecule has 1 aromatic rings. The van der Waals surface area contributed by atoms with E-state index in [2.05, 4.69) is 13.8 Å². The van der Waals surface area contributed by atoms with Crippen molar-refractivity contribution in [2.24, 2.45) is 5.92 Å². The zero-order chi connectivity index (χ0) is 12.8. The fourth-order valence-electron chi connectivity index (χ4n) is 1.44. The van der Waals surface area contributed by atoms with E-state index >= 15 is 0 Å². The lowest BCUT2D eigenvalue weighted by molar-refractivity contribution is 0.200. The maximum atomic E-state index is 12.8. The largest absolute Gasteiger partial charge is 0.392 e. The van der Waals surface area contributed by atoms with Crippen molar-refractivity contribution in [1.29, 1.82) is 0 Å². The van der Waals surface area contributed by atoms with Crippen LogP contribution in [-0.2, 0) is 6.42 Å². The number of aliphatic hydroxyl groups excluding tert-OH is 1. The van der Waals surface area contributed by atoms with Gasteiger partial charge in [0.1, 0.15) is 5.82 Å². The summed E-state index contributed by atoms with van der Waals surface area (Å²) in [6, 6.07) is 4.29. The summed E-state index contributed by atoms with van der Waals surface area (Å²) in [4.78, 5) is 0. The highest BCUT2D eigenvalue weighted by Crippen LogP contribution is 2.20. The van der Waals surface area contributed by atoms with Gasteiger partial charge in [0, 0.05) is 17.2 Å². The first-order valence-electron chi connectivity index (χ1n) is 5.68. The first kappa shape index (κ1) is 14.8. The SMILES string of the molecule is CC(C)CSCC(O)Cc1ccc(F)cc1Cl. The molecule has 96 valence electrons. The topological polar surface area (TPSA) is 20.2 Å². The summed E-state index contributed by atoms with van der Waals surface area (Å²) in [5, 5.41) is 10.2. The number of rotatable bonds is 6. The molecule has 1 nitrogen and oxygen atoms in total. The molecule has 0 fully saturated rings. The van der Waals surface area contributed by atoms with E-state index in [1.54, 1.807) is 17.8 Å². The smallest absolute Gasteiger partial charge is 0.124 e. The minimum atomic E-state index is -0.429. The molecule has 1 unspecified atom stereocenters. The van der Waals surface area contributed by atoms with E-state index in [-0.39, 0.29) is 5.82 Å². The molecule has 0 heterocycles. The van der Waals surface area contributed by atoms with E-state index in [0.717, 1.165) is 11.3 Å². The molecule has 0 amide bonds. The van der Waals surface area contributed by atoms with E-state index < -0.39 is 6.10 Å². The van der Waals surface area contributed by atoms with Crippen LogP contribution in [0, 0.1) is 11.7 Å². The molecule has 0 aliphatic rings. The third-order valence-electron chi connectivity index (χ3n) is 2.23. The number of thioether (sulfide) groups is 1. The first-order chi connectivity index (χ1) is 7.99. The van der Waals surface area contributed by atoms with Crippen molar-refractivity contribution < 1.29 is 9.50 Å². The Labute approximate surface area is 111 Å². The summed E-state index contributed by atoms with van der Waals surface area (Å²) in [6.45, 7) is 4.30. The predicted molar refractivity (Wildman–Crippen MR) is 73.3 cm³/mol. The molecule has 0 saturated carbocycles. The van der Waals surface area contributed by atoms with Gasteiger partial charge >= 0.3 is 0 Å². The summed E-state index contributed by atoms with van der Waals surface area (Å²) in [7, 11) is 0. The minimum absolute atomic E-state index is 0.345. The molecular weight excluding hydrogens is 259 g/mol. The van der Waals surface area contributed by atoms with Crippen molar-refractivity contribution in [1.82, 2.24) is 0 Å². The Morgan fingerprint density at radius 2 is 2.06 bits per heavy atom. The molecule has 0 aromatic heterocycles. The van der Waals surface area contributed by atoms with Crippen LogP contribution in [0.4, 0.5) is 4.39 Å². The zero-order valence-corrected chi connectivity index (χ0v) is 11.7. The van der Waals surface area contributed by atoms with Crippen LogP contribution in [0.25, 0.3) is 0 Å². The highest BCUT2D eigenvalue weighted by molar-refractivity contribution is 7.99. The average Bonchev–Trinajstić information content (AvgIpc) is 2.21. The van der Waals surface area contributed by atoms with Gasteiger partial charge in [-0.1, -0.05) is 31.5 Å². The predicted octanol–water partition coefficient (Wildman–Crippen LogP) is 3.77. The van der Waals surface area contributed by atoms with E-state index in [9.17, 15) is 9.50 Å². The third kappa shape index (κ3) is 5.75. The van der Waals surface area contributed by atoms with Crippen molar-refractivity contribution in [3.05, 3.63) is 34.6 Å². The molecule has 1 N–H and O–H groups in total. The van der Waals surface area contributed by atoms with Crippen LogP contribution in [0.3, 0.4) is 0 Å². The van der Waals surface area contributed by atoms with Gasteiger partial charge < -0.3 is 5.11 Å². The Kier molecular flexibility index (Phi) is 6.31. The maximum Gasteiger partial charge on any atom is 0.124 e. The maximum absolute atomic E-state index is 12.8. The number of hydrogen-bond acceptors (Lipinski definition) is 2. The van der Waals surface area contributed by atoms with Crippen molar-refractivity contribution in [2.75, 3.05) is 11.5 Å². The third-order valence-corrected chi connectivity index (χ3v) is 4.11. The summed E-state index contributed by atoms with van der Waals surface area (Å²) in [6.07, 6.45) is 0.0474. The Hall–Kier alpha value is -0.250. The molecule has 4 heteroatoms. The molecule has 1 aromatic carbocycles. The summed E-state index contributed by atoms with van der Waals surface area (Å²) < 4.78 is 12.8. The van der Waals surface area contributed by atoms with Crippen LogP contribution in [0.2, 0.25) is 5.02 Å². The fourth-order valence-corrected chi connectivity index (χ4v) is 2.68. The second kappa shape index (κ2) is 7.24. The van der Waals surface area contributed by atoms with Crippen LogP contribution in [0.15, 0.2) is 18.2 Å². The van der Waals surface area contributed by atoms with Crippen LogP contribution >= 0.6 is 23.4 Å². The molecule has 0 saturated heterocycles. The fraction of sp³-hybridized carbons (Fsp3) is 0.538. The van der Waals surface area contributed by atoms with Crippen LogP contribution in [0.1, 0.15) is 19.4 Å². The number of benzene rings is 1. The first-order valence-corrected chi connectivity index (χ1v) is 7.22. The summed E-state index contributed by atoms with van der Waals surface area (Å²) in [5.74, 6) is 2.00. The van der Waals surface area contributed by atoms with Gasteiger partial charge in [0.25, 0.3) is 0 Å². The van der Waals surface area contributed by atoms with Gasteiger partial charge in [-0.05, 0) is 29.4 Å². The Morgan fingerprint density at radius 1 is 1.35 bits per heavy atom. The molecule has 0 aliphatic carbocycles. The second-order valence-corrected chi connectivity index (χ2v) is 6.01. The number of hydrogen-bond donors (Lipinski definition) is 1. The molecular formula is C13H18ClFOS. The zero-order valence-electron chi connectivity index (χ0n) is 10.1. The van der Waals surface area contributed by atoms with Crippen molar-refractivity contribution in [3.8, 4) is 0 Å². The van der Waals surface area contributed by atoms with E-state index in [4.69, 9.17) is 11.6 Å². The normalized spacial score (nSPS) is 13.1. The van der Waals surface area contributed by atoms with Gasteiger partial charge in [-0.3, -0.25) is 0 Å². The Balaban J connectivity index is 2.42. The highest BCUT2D eigenvalue weighted by atomic mass is 35.5. The molecule has 17 heavy (non-hydrogen) atoms. The molecule has 1 atom stereocenters. The Morgan fingerprint density at radius 3 is 2.65 bits per heavy atom. The van der Waals surface area contributed by atoms with Gasteiger partial charge in [-0.2, -0.15) is 11.8 Å². The van der Waals surface area contributed by atoms with Crippen molar-refractivity contribution in [3.63, 3.8) is 0 Å². The summed E-state index contributed by atoms with van der Waals surface area (Å²) >= 11 is 7.63. The minimum Gasteiger partial charge on any atom is -0.392 e. The van der Waals surface area contributed by atoms with Gasteiger partial charge in [0.2, 0.25) is 0 Å². The standard InChI is InChI=1S/C13H18ClFOS/c1-9(2)7-17-8-12(16)5-10-3-4-11(15)6-13(10)14/h3-4,6,9,12,16H,5,7-8H2,1-2H3. The second-order valence-electron chi connectivity index (χ2n) is 4.52. The molecule has 0 radical (unpaired) electrons. The van der Waals surface area contributed by atoms with Gasteiger partial charge in [-0.15, -0.1) is 0 Å². The number of aliphatic hydroxyl groups is 1. The van der Waals surface area contributed by atoms with Gasteiger partial charge in [-0.25, -0.2) is 4.39 Å². The lowest BCUT2D eigenvalue weighted by atomic mass is 10.1. The lowest BCUT2D eigenvalue weighted by Crippen LogP contribution is -2.14. The lowest BCUT2D eigenvalue weighted by Gasteiger charge is -2.12. The molecule has 1 rings (SSSR count). The molecule has 0 aliphatic heterocycles. The Bertz CT molecular complexity index is 357. The molecule has 0 bridgehead atoms. The highest BCUT2D eigenvalue weighted by Gasteiger charge is 2.09. The number of halogens is 2. The van der Waals surface area contributed by atoms with Gasteiger partial charge in [0.15, 0.2) is 0 Å². The van der Waals surface area contributed by atoms with Crippen LogP contribution in [0.5, 0.6) is 0 Å². The monoisotopic (exact) mass is 276 g/mol. The average molecular weight is 277 g/mol. The van der Waals surface area contributed by atoms with E-state index in [1.165, 1.54) is 12.1 Å². The van der Waals surface area contributed by atoms with Crippen molar-refractivity contribution in [2.45, 2.75) is 26.4 Å². The van der Waals surface area contributed by atoms with Crippen LogP contribution < -0.4 is 0 Å². The molecule has 0 spiro atoms. The quantitative estimate of drug-likeness (QED) is 0.853. The van der Waals surface area contributed by atoms with Crippen molar-refractivity contribution >= 4 is 23.4 Å². The van der Waals surface area contributed by atoms with Gasteiger partial charge in [0.05, 0.1) is 6.10 Å².